The van der Waals surface area contributed by atoms with Crippen LogP contribution >= 0.6 is 12.6 Å². The summed E-state index contributed by atoms with van der Waals surface area (Å²) in [6.45, 7) is 6.29. The number of nitrogens with zero attached hydrogens (tertiary/aromatic N) is 1. The lowest BCUT2D eigenvalue weighted by Gasteiger charge is -2.26. The molecule has 0 bridgehead atoms. The van der Waals surface area contributed by atoms with Gasteiger partial charge >= 0.3 is 0 Å². The molecular weight excluding hydrogens is 338 g/mol. The molecule has 8 heteroatoms. The number of hydrazine groups is 1. The van der Waals surface area contributed by atoms with Crippen LogP contribution in [0, 0.1) is 0 Å². The molecule has 0 saturated heterocycles. The van der Waals surface area contributed by atoms with Crippen molar-refractivity contribution in [2.75, 3.05) is 6.61 Å². The monoisotopic (exact) mass is 365 g/mol. The number of nitrogens with two attached hydrogens (primary N) is 2. The van der Waals surface area contributed by atoms with E-state index in [0.29, 0.717) is 28.5 Å². The second-order valence-electron chi connectivity index (χ2n) is 5.94. The molecule has 2 unspecified atom stereocenters. The van der Waals surface area contributed by atoms with E-state index in [1.54, 1.807) is 18.2 Å². The Morgan fingerprint density at radius 1 is 1.40 bits per heavy atom. The molecule has 2 atom stereocenters. The maximum atomic E-state index is 12.8. The zero-order valence-electron chi connectivity index (χ0n) is 14.9. The zero-order valence-corrected chi connectivity index (χ0v) is 15.8. The van der Waals surface area contributed by atoms with E-state index in [9.17, 15) is 4.79 Å². The molecule has 0 spiro atoms. The van der Waals surface area contributed by atoms with E-state index in [0.717, 1.165) is 23.5 Å². The first-order valence-electron chi connectivity index (χ1n) is 8.42. The largest absolute Gasteiger partial charge is 0.493 e. The quantitative estimate of drug-likeness (QED) is 0.165. The highest BCUT2D eigenvalue weighted by molar-refractivity contribution is 7.80. The van der Waals surface area contributed by atoms with Crippen molar-refractivity contribution >= 4 is 18.5 Å². The summed E-state index contributed by atoms with van der Waals surface area (Å²) in [6.07, 6.45) is 1.08. The molecule has 0 aromatic heterocycles. The van der Waals surface area contributed by atoms with Crippen LogP contribution in [0.5, 0.6) is 5.75 Å². The van der Waals surface area contributed by atoms with Gasteiger partial charge in [-0.1, -0.05) is 13.3 Å². The molecule has 0 aliphatic carbocycles. The maximum absolute atomic E-state index is 12.8. The van der Waals surface area contributed by atoms with Crippen LogP contribution in [0.25, 0.3) is 0 Å². The Morgan fingerprint density at radius 3 is 2.76 bits per heavy atom. The minimum atomic E-state index is -0.853. The molecule has 1 aromatic rings. The topological polar surface area (TPSA) is 106 Å². The summed E-state index contributed by atoms with van der Waals surface area (Å²) in [5.74, 6) is 6.26. The summed E-state index contributed by atoms with van der Waals surface area (Å²) in [5.41, 5.74) is 8.06. The van der Waals surface area contributed by atoms with E-state index in [-0.39, 0.29) is 12.1 Å². The first-order valence-corrected chi connectivity index (χ1v) is 8.87. The molecular formula is C17H27N5O2S. The van der Waals surface area contributed by atoms with E-state index in [1.807, 2.05) is 13.8 Å². The van der Waals surface area contributed by atoms with Gasteiger partial charge < -0.3 is 21.1 Å². The Bertz CT molecular complexity index is 664. The number of thiol groups is 1. The predicted octanol–water partition coefficient (Wildman–Crippen LogP) is 1.58. The van der Waals surface area contributed by atoms with Gasteiger partial charge in [0, 0.05) is 16.2 Å². The van der Waals surface area contributed by atoms with Crippen LogP contribution < -0.4 is 26.9 Å². The first-order chi connectivity index (χ1) is 11.9. The van der Waals surface area contributed by atoms with E-state index < -0.39 is 6.17 Å². The number of carbonyl (C=O) groups is 1. The smallest absolute Gasteiger partial charge is 0.287 e. The molecule has 1 amide bonds. The van der Waals surface area contributed by atoms with Crippen molar-refractivity contribution in [2.45, 2.75) is 50.8 Å². The van der Waals surface area contributed by atoms with Crippen LogP contribution in [-0.2, 0) is 4.79 Å². The summed E-state index contributed by atoms with van der Waals surface area (Å²) in [4.78, 5) is 13.5. The fourth-order valence-electron chi connectivity index (χ4n) is 2.77. The number of amides is 1. The normalized spacial score (nSPS) is 17.8. The van der Waals surface area contributed by atoms with Crippen molar-refractivity contribution in [2.24, 2.45) is 11.6 Å². The average Bonchev–Trinajstić information content (AvgIpc) is 2.95. The molecule has 0 saturated carbocycles. The molecule has 1 aromatic carbocycles. The molecule has 1 aliphatic heterocycles. The highest BCUT2D eigenvalue weighted by Gasteiger charge is 2.30. The minimum absolute atomic E-state index is 0.0355. The van der Waals surface area contributed by atoms with Crippen molar-refractivity contribution in [3.8, 4) is 5.75 Å². The Balaban J connectivity index is 2.20. The second kappa shape index (κ2) is 8.46. The molecule has 6 N–H and O–H groups in total. The molecule has 0 radical (unpaired) electrons. The van der Waals surface area contributed by atoms with Gasteiger partial charge in [-0.3, -0.25) is 9.80 Å². The van der Waals surface area contributed by atoms with E-state index >= 15 is 0 Å². The van der Waals surface area contributed by atoms with E-state index in [1.165, 1.54) is 0 Å². The minimum Gasteiger partial charge on any atom is -0.493 e. The second-order valence-corrected chi connectivity index (χ2v) is 6.46. The van der Waals surface area contributed by atoms with Crippen molar-refractivity contribution in [3.63, 3.8) is 0 Å². The Labute approximate surface area is 154 Å². The lowest BCUT2D eigenvalue weighted by Crippen LogP contribution is -2.47. The van der Waals surface area contributed by atoms with Crippen LogP contribution in [0.4, 0.5) is 0 Å². The summed E-state index contributed by atoms with van der Waals surface area (Å²) in [7, 11) is 0. The van der Waals surface area contributed by atoms with Gasteiger partial charge in [-0.15, -0.1) is 12.6 Å². The first kappa shape index (κ1) is 19.4. The van der Waals surface area contributed by atoms with E-state index in [4.69, 9.17) is 16.3 Å². The predicted molar refractivity (Wildman–Crippen MR) is 100 cm³/mol. The average molecular weight is 366 g/mol. The fraction of sp³-hybridized carbons (Fsp3) is 0.471. The standard InChI is InChI=1S/C17H27N5O2S/c1-4-6-14-20-10(3)15(21-14)17(23)22(19)16(18)12-9-11(25)7-8-13(12)24-5-2/h7-9,14,16,20-21,25H,4-6,18-19H2,1-3H3. The van der Waals surface area contributed by atoms with Gasteiger partial charge in [-0.2, -0.15) is 0 Å². The van der Waals surface area contributed by atoms with Gasteiger partial charge in [0.25, 0.3) is 5.91 Å². The number of allylic oxidation sites excluding steroid dienone is 1. The lowest BCUT2D eigenvalue weighted by atomic mass is 10.1. The van der Waals surface area contributed by atoms with Crippen molar-refractivity contribution in [1.82, 2.24) is 15.6 Å². The fourth-order valence-corrected chi connectivity index (χ4v) is 2.98. The lowest BCUT2D eigenvalue weighted by molar-refractivity contribution is -0.130. The third kappa shape index (κ3) is 4.39. The SMILES string of the molecule is CCCC1NC(C)=C(C(=O)N(N)C(N)c2cc(S)ccc2OCC)N1. The van der Waals surface area contributed by atoms with Crippen molar-refractivity contribution in [1.29, 1.82) is 0 Å². The summed E-state index contributed by atoms with van der Waals surface area (Å²) < 4.78 is 5.59. The van der Waals surface area contributed by atoms with Gasteiger partial charge in [0.05, 0.1) is 12.8 Å². The maximum Gasteiger partial charge on any atom is 0.287 e. The molecule has 1 heterocycles. The Kier molecular flexibility index (Phi) is 6.57. The van der Waals surface area contributed by atoms with Gasteiger partial charge in [0.2, 0.25) is 0 Å². The third-order valence-electron chi connectivity index (χ3n) is 4.02. The third-order valence-corrected chi connectivity index (χ3v) is 4.30. The number of nitrogens with one attached hydrogen (secondary N) is 2. The van der Waals surface area contributed by atoms with Crippen molar-refractivity contribution < 1.29 is 9.53 Å². The summed E-state index contributed by atoms with van der Waals surface area (Å²) in [6, 6.07) is 5.33. The number of benzene rings is 1. The molecule has 25 heavy (non-hydrogen) atoms. The van der Waals surface area contributed by atoms with Crippen LogP contribution in [0.2, 0.25) is 0 Å². The Hall–Kier alpha value is -1.90. The van der Waals surface area contributed by atoms with Crippen LogP contribution in [0.1, 0.15) is 45.3 Å². The van der Waals surface area contributed by atoms with Crippen LogP contribution in [0.3, 0.4) is 0 Å². The van der Waals surface area contributed by atoms with Gasteiger partial charge in [-0.25, -0.2) is 5.84 Å². The molecule has 0 fully saturated rings. The van der Waals surface area contributed by atoms with E-state index in [2.05, 4.69) is 30.2 Å². The highest BCUT2D eigenvalue weighted by Crippen LogP contribution is 2.28. The molecule has 7 nitrogen and oxygen atoms in total. The number of hydrogen-bond acceptors (Lipinski definition) is 7. The van der Waals surface area contributed by atoms with Crippen LogP contribution in [0.15, 0.2) is 34.5 Å². The molecule has 1 aliphatic rings. The molecule has 2 rings (SSSR count). The molecule has 138 valence electrons. The van der Waals surface area contributed by atoms with Crippen LogP contribution in [-0.4, -0.2) is 23.7 Å². The number of carbonyl (C=O) groups excluding carboxylic acids is 1. The zero-order chi connectivity index (χ0) is 18.6. The van der Waals surface area contributed by atoms with Crippen molar-refractivity contribution in [3.05, 3.63) is 35.2 Å². The van der Waals surface area contributed by atoms with Gasteiger partial charge in [0.1, 0.15) is 17.6 Å². The summed E-state index contributed by atoms with van der Waals surface area (Å²) in [5, 5.41) is 7.44. The van der Waals surface area contributed by atoms with Gasteiger partial charge in [0.15, 0.2) is 0 Å². The summed E-state index contributed by atoms with van der Waals surface area (Å²) >= 11 is 4.33. The Morgan fingerprint density at radius 2 is 2.12 bits per heavy atom. The highest BCUT2D eigenvalue weighted by atomic mass is 32.1. The number of ether oxygens (including phenoxy) is 1. The number of rotatable bonds is 7. The number of hydrogen-bond donors (Lipinski definition) is 5. The van der Waals surface area contributed by atoms with Gasteiger partial charge in [-0.05, 0) is 38.5 Å².